The molecule has 0 saturated heterocycles. The summed E-state index contributed by atoms with van der Waals surface area (Å²) < 4.78 is 10.5. The lowest BCUT2D eigenvalue weighted by molar-refractivity contribution is -0.159. The van der Waals surface area contributed by atoms with E-state index in [2.05, 4.69) is 10.3 Å². The van der Waals surface area contributed by atoms with E-state index in [1.54, 1.807) is 58.9 Å². The van der Waals surface area contributed by atoms with Gasteiger partial charge in [0, 0.05) is 27.9 Å². The Balaban J connectivity index is 2.54. The summed E-state index contributed by atoms with van der Waals surface area (Å²) in [6.07, 6.45) is 0. The number of aliphatic imine (C=N–C) groups is 1. The first-order valence-corrected chi connectivity index (χ1v) is 11.3. The summed E-state index contributed by atoms with van der Waals surface area (Å²) in [5.41, 5.74) is 1.26. The van der Waals surface area contributed by atoms with Crippen LogP contribution in [-0.4, -0.2) is 42.3 Å². The first-order chi connectivity index (χ1) is 15.3. The fourth-order valence-electron chi connectivity index (χ4n) is 3.91. The molecule has 1 heterocycles. The summed E-state index contributed by atoms with van der Waals surface area (Å²) in [6, 6.07) is 6.13. The van der Waals surface area contributed by atoms with Crippen molar-refractivity contribution in [1.82, 2.24) is 5.32 Å². The van der Waals surface area contributed by atoms with Crippen LogP contribution < -0.4 is 5.32 Å². The van der Waals surface area contributed by atoms with Gasteiger partial charge in [0.25, 0.3) is 0 Å². The smallest absolute Gasteiger partial charge is 0.329 e. The maximum Gasteiger partial charge on any atom is 0.329 e. The normalized spacial score (nSPS) is 19.6. The van der Waals surface area contributed by atoms with Crippen molar-refractivity contribution in [3.05, 3.63) is 46.1 Å². The molecule has 1 aliphatic heterocycles. The van der Waals surface area contributed by atoms with Gasteiger partial charge in [0.05, 0.1) is 7.11 Å². The fourth-order valence-corrected chi connectivity index (χ4v) is 4.11. The van der Waals surface area contributed by atoms with Crippen LogP contribution in [0.5, 0.6) is 0 Å². The molecule has 3 unspecified atom stereocenters. The predicted octanol–water partition coefficient (Wildman–Crippen LogP) is 4.44. The molecule has 0 aliphatic carbocycles. The minimum absolute atomic E-state index is 0.223. The highest BCUT2D eigenvalue weighted by atomic mass is 35.5. The van der Waals surface area contributed by atoms with Crippen molar-refractivity contribution >= 4 is 35.2 Å². The molecule has 3 atom stereocenters. The SMILES string of the molecule is COC(=O)C1C(C)=NC(C)=C(C(=O)NC(C(=O)OC(C)(C)C)C(C)C)C1c1cccc(Cl)c1. The summed E-state index contributed by atoms with van der Waals surface area (Å²) >= 11 is 6.23. The van der Waals surface area contributed by atoms with E-state index in [9.17, 15) is 14.4 Å². The number of rotatable bonds is 6. The molecule has 0 bridgehead atoms. The Morgan fingerprint density at radius 1 is 1.15 bits per heavy atom. The van der Waals surface area contributed by atoms with Gasteiger partial charge in [0.15, 0.2) is 0 Å². The standard InChI is InChI=1S/C25H33ClN2O5/c1-13(2)21(24(31)33-25(5,6)7)28-22(29)18-14(3)27-15(4)19(23(30)32-8)20(18)16-10-9-11-17(26)12-16/h9-13,19-21H,1-8H3,(H,28,29). The van der Waals surface area contributed by atoms with E-state index in [1.807, 2.05) is 13.8 Å². The summed E-state index contributed by atoms with van der Waals surface area (Å²) in [7, 11) is 1.30. The third-order valence-corrected chi connectivity index (χ3v) is 5.58. The zero-order valence-electron chi connectivity index (χ0n) is 20.5. The van der Waals surface area contributed by atoms with E-state index in [4.69, 9.17) is 21.1 Å². The topological polar surface area (TPSA) is 94.1 Å². The number of hydrogen-bond donors (Lipinski definition) is 1. The van der Waals surface area contributed by atoms with Gasteiger partial charge in [-0.3, -0.25) is 14.6 Å². The minimum Gasteiger partial charge on any atom is -0.468 e. The third-order valence-electron chi connectivity index (χ3n) is 5.35. The van der Waals surface area contributed by atoms with Gasteiger partial charge in [-0.1, -0.05) is 37.6 Å². The highest BCUT2D eigenvalue weighted by Crippen LogP contribution is 2.40. The van der Waals surface area contributed by atoms with Crippen LogP contribution in [0.15, 0.2) is 40.5 Å². The summed E-state index contributed by atoms with van der Waals surface area (Å²) in [4.78, 5) is 43.6. The molecular weight excluding hydrogens is 444 g/mol. The first-order valence-electron chi connectivity index (χ1n) is 10.9. The van der Waals surface area contributed by atoms with Crippen LogP contribution in [-0.2, 0) is 23.9 Å². The number of ether oxygens (including phenoxy) is 2. The average Bonchev–Trinajstić information content (AvgIpc) is 2.69. The van der Waals surface area contributed by atoms with Crippen molar-refractivity contribution in [2.45, 2.75) is 66.0 Å². The lowest BCUT2D eigenvalue weighted by Crippen LogP contribution is -2.49. The monoisotopic (exact) mass is 476 g/mol. The molecule has 1 aromatic carbocycles. The zero-order chi connectivity index (χ0) is 25.1. The highest BCUT2D eigenvalue weighted by Gasteiger charge is 2.42. The molecule has 0 aromatic heterocycles. The van der Waals surface area contributed by atoms with Crippen molar-refractivity contribution in [3.8, 4) is 0 Å². The van der Waals surface area contributed by atoms with Gasteiger partial charge in [-0.25, -0.2) is 4.79 Å². The quantitative estimate of drug-likeness (QED) is 0.612. The Morgan fingerprint density at radius 2 is 1.79 bits per heavy atom. The Hall–Kier alpha value is -2.67. The molecule has 0 spiro atoms. The minimum atomic E-state index is -0.874. The summed E-state index contributed by atoms with van der Waals surface area (Å²) in [5, 5.41) is 3.29. The van der Waals surface area contributed by atoms with E-state index < -0.39 is 41.3 Å². The molecule has 0 radical (unpaired) electrons. The molecule has 0 fully saturated rings. The van der Waals surface area contributed by atoms with E-state index in [1.165, 1.54) is 7.11 Å². The second-order valence-electron chi connectivity index (χ2n) is 9.51. The zero-order valence-corrected chi connectivity index (χ0v) is 21.2. The number of carbonyl (C=O) groups is 3. The van der Waals surface area contributed by atoms with Crippen molar-refractivity contribution < 1.29 is 23.9 Å². The largest absolute Gasteiger partial charge is 0.468 e. The number of esters is 2. The number of benzene rings is 1. The number of nitrogens with one attached hydrogen (secondary N) is 1. The van der Waals surface area contributed by atoms with Gasteiger partial charge >= 0.3 is 11.9 Å². The first kappa shape index (κ1) is 26.6. The van der Waals surface area contributed by atoms with Gasteiger partial charge in [-0.05, 0) is 58.2 Å². The molecule has 1 N–H and O–H groups in total. The highest BCUT2D eigenvalue weighted by molar-refractivity contribution is 6.30. The van der Waals surface area contributed by atoms with Crippen molar-refractivity contribution in [2.24, 2.45) is 16.8 Å². The summed E-state index contributed by atoms with van der Waals surface area (Å²) in [5.74, 6) is -3.24. The Labute approximate surface area is 200 Å². The molecule has 33 heavy (non-hydrogen) atoms. The lowest BCUT2D eigenvalue weighted by atomic mass is 9.75. The van der Waals surface area contributed by atoms with Crippen LogP contribution >= 0.6 is 11.6 Å². The van der Waals surface area contributed by atoms with Crippen molar-refractivity contribution in [3.63, 3.8) is 0 Å². The Kier molecular flexibility index (Phi) is 8.46. The van der Waals surface area contributed by atoms with Crippen molar-refractivity contribution in [1.29, 1.82) is 0 Å². The van der Waals surface area contributed by atoms with Crippen LogP contribution in [0.1, 0.15) is 59.9 Å². The van der Waals surface area contributed by atoms with Crippen LogP contribution in [0.3, 0.4) is 0 Å². The van der Waals surface area contributed by atoms with Gasteiger partial charge in [-0.2, -0.15) is 0 Å². The van der Waals surface area contributed by atoms with Gasteiger partial charge < -0.3 is 14.8 Å². The molecule has 1 aliphatic rings. The lowest BCUT2D eigenvalue weighted by Gasteiger charge is -2.33. The molecule has 2 rings (SSSR count). The number of nitrogens with zero attached hydrogens (tertiary/aromatic N) is 1. The number of methoxy groups -OCH3 is 1. The van der Waals surface area contributed by atoms with E-state index >= 15 is 0 Å². The molecule has 1 aromatic rings. The maximum absolute atomic E-state index is 13.6. The van der Waals surface area contributed by atoms with Crippen LogP contribution in [0.4, 0.5) is 0 Å². The third kappa shape index (κ3) is 6.44. The molecule has 7 nitrogen and oxygen atoms in total. The Morgan fingerprint density at radius 3 is 2.30 bits per heavy atom. The number of carbonyl (C=O) groups excluding carboxylic acids is 3. The Bertz CT molecular complexity index is 991. The van der Waals surface area contributed by atoms with Crippen molar-refractivity contribution in [2.75, 3.05) is 7.11 Å². The number of hydrogen-bond acceptors (Lipinski definition) is 6. The second-order valence-corrected chi connectivity index (χ2v) is 9.95. The molecule has 180 valence electrons. The van der Waals surface area contributed by atoms with Crippen LogP contribution in [0.2, 0.25) is 5.02 Å². The second kappa shape index (κ2) is 10.5. The molecule has 8 heteroatoms. The van der Waals surface area contributed by atoms with Gasteiger partial charge in [0.1, 0.15) is 17.6 Å². The number of allylic oxidation sites excluding steroid dienone is 1. The van der Waals surface area contributed by atoms with E-state index in [0.717, 1.165) is 0 Å². The maximum atomic E-state index is 13.6. The van der Waals surface area contributed by atoms with Gasteiger partial charge in [0.2, 0.25) is 5.91 Å². The predicted molar refractivity (Wildman–Crippen MR) is 128 cm³/mol. The summed E-state index contributed by atoms with van der Waals surface area (Å²) in [6.45, 7) is 12.4. The van der Waals surface area contributed by atoms with Crippen LogP contribution in [0.25, 0.3) is 0 Å². The molecule has 0 saturated carbocycles. The van der Waals surface area contributed by atoms with Crippen LogP contribution in [0, 0.1) is 11.8 Å². The molecular formula is C25H33ClN2O5. The average molecular weight is 477 g/mol. The number of amides is 1. The number of halogens is 1. The van der Waals surface area contributed by atoms with E-state index in [0.29, 0.717) is 22.0 Å². The fraction of sp³-hybridized carbons (Fsp3) is 0.520. The molecule has 1 amide bonds. The van der Waals surface area contributed by atoms with E-state index in [-0.39, 0.29) is 11.5 Å². The van der Waals surface area contributed by atoms with Gasteiger partial charge in [-0.15, -0.1) is 0 Å².